The van der Waals surface area contributed by atoms with Gasteiger partial charge in [-0.2, -0.15) is 0 Å². The summed E-state index contributed by atoms with van der Waals surface area (Å²) in [5, 5.41) is 2.94. The van der Waals surface area contributed by atoms with Crippen molar-refractivity contribution in [3.05, 3.63) is 65.7 Å². The van der Waals surface area contributed by atoms with Gasteiger partial charge in [0.1, 0.15) is 6.61 Å². The SMILES string of the molecule is O=C(COCc1ccccc1)Nc1cccc(CCN2CCCCCC2)c1. The van der Waals surface area contributed by atoms with Gasteiger partial charge in [0.15, 0.2) is 0 Å². The monoisotopic (exact) mass is 366 g/mol. The third-order valence-electron chi connectivity index (χ3n) is 4.97. The molecule has 0 spiro atoms. The molecule has 2 aromatic carbocycles. The highest BCUT2D eigenvalue weighted by Gasteiger charge is 2.09. The number of likely N-dealkylation sites (tertiary alicyclic amines) is 1. The Balaban J connectivity index is 1.41. The largest absolute Gasteiger partial charge is 0.367 e. The molecule has 4 nitrogen and oxygen atoms in total. The number of hydrogen-bond acceptors (Lipinski definition) is 3. The number of ether oxygens (including phenoxy) is 1. The van der Waals surface area contributed by atoms with Crippen molar-refractivity contribution in [1.82, 2.24) is 4.90 Å². The molecule has 1 aliphatic heterocycles. The molecule has 1 aliphatic rings. The molecule has 1 fully saturated rings. The zero-order valence-electron chi connectivity index (χ0n) is 16.0. The highest BCUT2D eigenvalue weighted by Crippen LogP contribution is 2.14. The van der Waals surface area contributed by atoms with Crippen LogP contribution in [0.15, 0.2) is 54.6 Å². The van der Waals surface area contributed by atoms with Crippen LogP contribution in [0.25, 0.3) is 0 Å². The van der Waals surface area contributed by atoms with Gasteiger partial charge in [-0.15, -0.1) is 0 Å². The van der Waals surface area contributed by atoms with Gasteiger partial charge in [-0.05, 0) is 55.6 Å². The van der Waals surface area contributed by atoms with Gasteiger partial charge >= 0.3 is 0 Å². The molecule has 2 aromatic rings. The van der Waals surface area contributed by atoms with Crippen LogP contribution in [0.2, 0.25) is 0 Å². The molecule has 0 unspecified atom stereocenters. The van der Waals surface area contributed by atoms with Crippen LogP contribution < -0.4 is 5.32 Å². The number of amides is 1. The van der Waals surface area contributed by atoms with Crippen molar-refractivity contribution in [3.63, 3.8) is 0 Å². The van der Waals surface area contributed by atoms with Gasteiger partial charge in [0.25, 0.3) is 0 Å². The molecule has 0 radical (unpaired) electrons. The van der Waals surface area contributed by atoms with E-state index >= 15 is 0 Å². The average Bonchev–Trinajstić information content (AvgIpc) is 2.96. The number of nitrogens with one attached hydrogen (secondary N) is 1. The van der Waals surface area contributed by atoms with E-state index in [4.69, 9.17) is 4.74 Å². The van der Waals surface area contributed by atoms with E-state index in [2.05, 4.69) is 22.3 Å². The molecule has 1 saturated heterocycles. The van der Waals surface area contributed by atoms with Gasteiger partial charge in [-0.1, -0.05) is 55.3 Å². The van der Waals surface area contributed by atoms with E-state index in [9.17, 15) is 4.79 Å². The molecule has 0 aromatic heterocycles. The summed E-state index contributed by atoms with van der Waals surface area (Å²) in [5.41, 5.74) is 3.18. The molecular formula is C23H30N2O2. The van der Waals surface area contributed by atoms with Crippen LogP contribution in [0.5, 0.6) is 0 Å². The Labute approximate surface area is 162 Å². The van der Waals surface area contributed by atoms with E-state index in [0.717, 1.165) is 24.2 Å². The van der Waals surface area contributed by atoms with Crippen LogP contribution in [0.1, 0.15) is 36.8 Å². The maximum absolute atomic E-state index is 12.1. The minimum absolute atomic E-state index is 0.0624. The lowest BCUT2D eigenvalue weighted by atomic mass is 10.1. The summed E-state index contributed by atoms with van der Waals surface area (Å²) >= 11 is 0. The third-order valence-corrected chi connectivity index (χ3v) is 4.97. The molecule has 0 atom stereocenters. The summed E-state index contributed by atoms with van der Waals surface area (Å²) in [6.45, 7) is 4.04. The normalized spacial score (nSPS) is 15.3. The molecule has 1 amide bonds. The molecule has 0 aliphatic carbocycles. The molecule has 0 bridgehead atoms. The van der Waals surface area contributed by atoms with Crippen molar-refractivity contribution in [1.29, 1.82) is 0 Å². The fourth-order valence-corrected chi connectivity index (χ4v) is 3.48. The predicted molar refractivity (Wildman–Crippen MR) is 110 cm³/mol. The summed E-state index contributed by atoms with van der Waals surface area (Å²) in [5.74, 6) is -0.115. The van der Waals surface area contributed by atoms with E-state index in [-0.39, 0.29) is 12.5 Å². The maximum atomic E-state index is 12.1. The minimum atomic E-state index is -0.115. The van der Waals surface area contributed by atoms with Crippen molar-refractivity contribution < 1.29 is 9.53 Å². The fraction of sp³-hybridized carbons (Fsp3) is 0.435. The van der Waals surface area contributed by atoms with Crippen molar-refractivity contribution >= 4 is 11.6 Å². The highest BCUT2D eigenvalue weighted by atomic mass is 16.5. The first-order valence-corrected chi connectivity index (χ1v) is 10.0. The van der Waals surface area contributed by atoms with Crippen molar-refractivity contribution in [2.24, 2.45) is 0 Å². The van der Waals surface area contributed by atoms with Gasteiger partial charge in [0, 0.05) is 12.2 Å². The predicted octanol–water partition coefficient (Wildman–Crippen LogP) is 4.26. The van der Waals surface area contributed by atoms with Crippen molar-refractivity contribution in [2.75, 3.05) is 31.6 Å². The minimum Gasteiger partial charge on any atom is -0.367 e. The van der Waals surface area contributed by atoms with E-state index in [1.807, 2.05) is 42.5 Å². The number of rotatable bonds is 8. The Hall–Kier alpha value is -2.17. The lowest BCUT2D eigenvalue weighted by Gasteiger charge is -2.19. The molecule has 4 heteroatoms. The van der Waals surface area contributed by atoms with E-state index in [0.29, 0.717) is 6.61 Å². The second-order valence-corrected chi connectivity index (χ2v) is 7.23. The van der Waals surface area contributed by atoms with Crippen LogP contribution in [-0.2, 0) is 22.6 Å². The lowest BCUT2D eigenvalue weighted by Crippen LogP contribution is -2.27. The van der Waals surface area contributed by atoms with Gasteiger partial charge < -0.3 is 15.0 Å². The van der Waals surface area contributed by atoms with Crippen LogP contribution in [0, 0.1) is 0 Å². The molecule has 1 heterocycles. The third kappa shape index (κ3) is 7.16. The number of nitrogens with zero attached hydrogens (tertiary/aromatic N) is 1. The summed E-state index contributed by atoms with van der Waals surface area (Å²) < 4.78 is 5.50. The zero-order valence-corrected chi connectivity index (χ0v) is 16.0. The van der Waals surface area contributed by atoms with Crippen molar-refractivity contribution in [2.45, 2.75) is 38.7 Å². The molecule has 27 heavy (non-hydrogen) atoms. The summed E-state index contributed by atoms with van der Waals surface area (Å²) in [6.07, 6.45) is 6.39. The van der Waals surface area contributed by atoms with Crippen LogP contribution in [-0.4, -0.2) is 37.0 Å². The molecule has 0 saturated carbocycles. The quantitative estimate of drug-likeness (QED) is 0.759. The molecule has 144 valence electrons. The van der Waals surface area contributed by atoms with Crippen LogP contribution in [0.4, 0.5) is 5.69 Å². The number of anilines is 1. The Morgan fingerprint density at radius 1 is 0.926 bits per heavy atom. The molecule has 3 rings (SSSR count). The lowest BCUT2D eigenvalue weighted by molar-refractivity contribution is -0.121. The first-order valence-electron chi connectivity index (χ1n) is 10.0. The Morgan fingerprint density at radius 3 is 2.44 bits per heavy atom. The topological polar surface area (TPSA) is 41.6 Å². The number of benzene rings is 2. The number of carbonyl (C=O) groups excluding carboxylic acids is 1. The Morgan fingerprint density at radius 2 is 1.67 bits per heavy atom. The smallest absolute Gasteiger partial charge is 0.250 e. The highest BCUT2D eigenvalue weighted by molar-refractivity contribution is 5.91. The second-order valence-electron chi connectivity index (χ2n) is 7.23. The Bertz CT molecular complexity index is 695. The van der Waals surface area contributed by atoms with E-state index in [1.165, 1.54) is 44.3 Å². The zero-order chi connectivity index (χ0) is 18.7. The maximum Gasteiger partial charge on any atom is 0.250 e. The summed E-state index contributed by atoms with van der Waals surface area (Å²) in [4.78, 5) is 14.7. The van der Waals surface area contributed by atoms with Crippen molar-refractivity contribution in [3.8, 4) is 0 Å². The first kappa shape index (κ1) is 19.6. The number of hydrogen-bond donors (Lipinski definition) is 1. The number of carbonyl (C=O) groups is 1. The first-order chi connectivity index (χ1) is 13.3. The Kier molecular flexibility index (Phi) is 7.87. The molecule has 1 N–H and O–H groups in total. The second kappa shape index (κ2) is 10.9. The molecular weight excluding hydrogens is 336 g/mol. The van der Waals surface area contributed by atoms with E-state index in [1.54, 1.807) is 0 Å². The summed E-state index contributed by atoms with van der Waals surface area (Å²) in [7, 11) is 0. The van der Waals surface area contributed by atoms with E-state index < -0.39 is 0 Å². The van der Waals surface area contributed by atoms with Gasteiger partial charge in [-0.25, -0.2) is 0 Å². The fourth-order valence-electron chi connectivity index (χ4n) is 3.48. The van der Waals surface area contributed by atoms with Gasteiger partial charge in [0.2, 0.25) is 5.91 Å². The van der Waals surface area contributed by atoms with Gasteiger partial charge in [0.05, 0.1) is 6.61 Å². The van der Waals surface area contributed by atoms with Crippen LogP contribution >= 0.6 is 0 Å². The van der Waals surface area contributed by atoms with Crippen LogP contribution in [0.3, 0.4) is 0 Å². The summed E-state index contributed by atoms with van der Waals surface area (Å²) in [6, 6.07) is 18.0. The standard InChI is InChI=1S/C23H30N2O2/c26-23(19-27-18-21-9-4-3-5-10-21)24-22-12-8-11-20(17-22)13-16-25-14-6-1-2-7-15-25/h3-5,8-12,17H,1-2,6-7,13-16,18-19H2,(H,24,26). The average molecular weight is 367 g/mol. The van der Waals surface area contributed by atoms with Gasteiger partial charge in [-0.3, -0.25) is 4.79 Å².